The number of rotatable bonds is 7. The van der Waals surface area contributed by atoms with Crippen molar-refractivity contribution in [3.05, 3.63) is 60.0 Å². The molecule has 2 fully saturated rings. The fourth-order valence-corrected chi connectivity index (χ4v) is 5.57. The van der Waals surface area contributed by atoms with Crippen LogP contribution in [0.3, 0.4) is 0 Å². The second-order valence-corrected chi connectivity index (χ2v) is 8.85. The van der Waals surface area contributed by atoms with E-state index < -0.39 is 0 Å². The largest absolute Gasteiger partial charge is 0.495 e. The van der Waals surface area contributed by atoms with E-state index in [9.17, 15) is 9.65 Å². The Hall–Kier alpha value is -3.04. The van der Waals surface area contributed by atoms with Crippen molar-refractivity contribution in [1.29, 1.82) is 5.26 Å². The third kappa shape index (κ3) is 3.93. The van der Waals surface area contributed by atoms with Gasteiger partial charge in [-0.1, -0.05) is 12.1 Å². The first-order valence-corrected chi connectivity index (χ1v) is 11.4. The second-order valence-electron chi connectivity index (χ2n) is 8.85. The van der Waals surface area contributed by atoms with Crippen LogP contribution in [0.5, 0.6) is 11.5 Å². The van der Waals surface area contributed by atoms with E-state index >= 15 is 0 Å². The van der Waals surface area contributed by atoms with Crippen LogP contribution in [0.4, 0.5) is 4.39 Å². The van der Waals surface area contributed by atoms with E-state index in [4.69, 9.17) is 9.47 Å². The summed E-state index contributed by atoms with van der Waals surface area (Å²) in [5.41, 5.74) is 1.69. The first kappa shape index (κ1) is 20.8. The van der Waals surface area contributed by atoms with Gasteiger partial charge in [0.2, 0.25) is 0 Å². The van der Waals surface area contributed by atoms with Crippen molar-refractivity contribution in [3.63, 3.8) is 0 Å². The summed E-state index contributed by atoms with van der Waals surface area (Å²) in [5, 5.41) is 10.5. The minimum Gasteiger partial charge on any atom is -0.495 e. The van der Waals surface area contributed by atoms with Crippen molar-refractivity contribution in [3.8, 4) is 17.6 Å². The van der Waals surface area contributed by atoms with E-state index in [1.54, 1.807) is 19.2 Å². The lowest BCUT2D eigenvalue weighted by Gasteiger charge is -2.39. The molecule has 0 aliphatic carbocycles. The normalized spacial score (nSPS) is 22.7. The summed E-state index contributed by atoms with van der Waals surface area (Å²) in [5.74, 6) is 1.33. The number of fused-ring (bicyclic) bond motifs is 3. The van der Waals surface area contributed by atoms with Gasteiger partial charge in [-0.25, -0.2) is 4.39 Å². The number of piperidine rings is 1. The Morgan fingerprint density at radius 2 is 1.81 bits per heavy atom. The Morgan fingerprint density at radius 3 is 2.50 bits per heavy atom. The number of aryl methyl sites for hydroxylation is 1. The Bertz CT molecular complexity index is 1120. The number of methoxy groups -OCH3 is 1. The van der Waals surface area contributed by atoms with Gasteiger partial charge in [0.05, 0.1) is 18.2 Å². The number of nitriles is 1. The van der Waals surface area contributed by atoms with Gasteiger partial charge in [0.1, 0.15) is 29.5 Å². The molecule has 3 aromatic rings. The summed E-state index contributed by atoms with van der Waals surface area (Å²) >= 11 is 0. The number of benzene rings is 2. The fraction of sp³-hybridized carbons (Fsp3) is 0.423. The van der Waals surface area contributed by atoms with Crippen LogP contribution in [0, 0.1) is 17.1 Å². The zero-order valence-corrected chi connectivity index (χ0v) is 18.3. The van der Waals surface area contributed by atoms with E-state index in [1.807, 2.05) is 24.4 Å². The third-order valence-electron chi connectivity index (χ3n) is 6.97. The molecule has 2 saturated heterocycles. The Balaban J connectivity index is 1.22. The minimum atomic E-state index is -0.234. The lowest BCUT2D eigenvalue weighted by Crippen LogP contribution is -2.46. The van der Waals surface area contributed by atoms with Gasteiger partial charge in [0.15, 0.2) is 0 Å². The van der Waals surface area contributed by atoms with Crippen molar-refractivity contribution >= 4 is 10.9 Å². The van der Waals surface area contributed by atoms with Crippen LogP contribution in [-0.4, -0.2) is 41.3 Å². The molecule has 2 atom stereocenters. The molecule has 166 valence electrons. The van der Waals surface area contributed by atoms with Crippen molar-refractivity contribution in [2.75, 3.05) is 13.7 Å². The maximum absolute atomic E-state index is 13.2. The summed E-state index contributed by atoms with van der Waals surface area (Å²) in [6.07, 6.45) is 7.64. The van der Waals surface area contributed by atoms with Crippen LogP contribution in [0.2, 0.25) is 0 Å². The molecule has 2 unspecified atom stereocenters. The maximum Gasteiger partial charge on any atom is 0.143 e. The molecule has 5 rings (SSSR count). The molecule has 0 amide bonds. The number of para-hydroxylation sites is 1. The van der Waals surface area contributed by atoms with E-state index in [2.05, 4.69) is 15.5 Å². The van der Waals surface area contributed by atoms with Crippen molar-refractivity contribution in [2.24, 2.45) is 0 Å². The molecule has 0 radical (unpaired) electrons. The first-order valence-electron chi connectivity index (χ1n) is 11.4. The molecule has 2 aromatic carbocycles. The van der Waals surface area contributed by atoms with Crippen LogP contribution in [0.1, 0.15) is 37.7 Å². The highest BCUT2D eigenvalue weighted by Gasteiger charge is 2.41. The highest BCUT2D eigenvalue weighted by molar-refractivity contribution is 5.91. The Labute approximate surface area is 188 Å². The number of aromatic nitrogens is 1. The summed E-state index contributed by atoms with van der Waals surface area (Å²) in [7, 11) is 1.67. The highest BCUT2D eigenvalue weighted by Crippen LogP contribution is 2.37. The number of halogens is 1. The van der Waals surface area contributed by atoms with Gasteiger partial charge in [-0.15, -0.1) is 0 Å². The molecule has 0 spiro atoms. The summed E-state index contributed by atoms with van der Waals surface area (Å²) in [6.45, 7) is 1.89. The van der Waals surface area contributed by atoms with Crippen LogP contribution in [-0.2, 0) is 6.54 Å². The average molecular weight is 434 g/mol. The van der Waals surface area contributed by atoms with Gasteiger partial charge in [0.25, 0.3) is 0 Å². The summed E-state index contributed by atoms with van der Waals surface area (Å²) < 4.78 is 27.0. The summed E-state index contributed by atoms with van der Waals surface area (Å²) in [6, 6.07) is 15.6. The monoisotopic (exact) mass is 433 g/mol. The summed E-state index contributed by atoms with van der Waals surface area (Å²) in [4.78, 5) is 2.65. The first-order chi connectivity index (χ1) is 15.7. The van der Waals surface area contributed by atoms with Gasteiger partial charge in [-0.3, -0.25) is 4.90 Å². The molecule has 0 saturated carbocycles. The standard InChI is InChI=1S/C26H28FN3O2/c1-31-25-5-2-4-24-18(16-28)17-29(26(24)25)12-3-13-30-20-8-9-21(30)15-23(14-20)32-22-10-6-19(27)7-11-22/h2,4-7,10-11,17,20-21,23H,3,8-9,12-15H2,1H3. The van der Waals surface area contributed by atoms with E-state index in [0.29, 0.717) is 17.6 Å². The fourth-order valence-electron chi connectivity index (χ4n) is 5.57. The van der Waals surface area contributed by atoms with Crippen molar-refractivity contribution < 1.29 is 13.9 Å². The smallest absolute Gasteiger partial charge is 0.143 e. The van der Waals surface area contributed by atoms with E-state index in [-0.39, 0.29) is 11.9 Å². The molecule has 1 aromatic heterocycles. The van der Waals surface area contributed by atoms with Gasteiger partial charge in [-0.2, -0.15) is 5.26 Å². The topological polar surface area (TPSA) is 50.4 Å². The van der Waals surface area contributed by atoms with Gasteiger partial charge < -0.3 is 14.0 Å². The number of ether oxygens (including phenoxy) is 2. The number of nitrogens with zero attached hydrogens (tertiary/aromatic N) is 3. The average Bonchev–Trinajstić information content (AvgIpc) is 3.29. The molecular weight excluding hydrogens is 405 g/mol. The number of hydrogen-bond acceptors (Lipinski definition) is 4. The van der Waals surface area contributed by atoms with E-state index in [0.717, 1.165) is 54.8 Å². The van der Waals surface area contributed by atoms with E-state index in [1.165, 1.54) is 25.0 Å². The van der Waals surface area contributed by atoms with Gasteiger partial charge >= 0.3 is 0 Å². The molecule has 6 heteroatoms. The minimum absolute atomic E-state index is 0.199. The molecule has 0 N–H and O–H groups in total. The van der Waals surface area contributed by atoms with Crippen LogP contribution < -0.4 is 9.47 Å². The zero-order valence-electron chi connectivity index (χ0n) is 18.3. The van der Waals surface area contributed by atoms with Crippen molar-refractivity contribution in [1.82, 2.24) is 9.47 Å². The van der Waals surface area contributed by atoms with Crippen LogP contribution in [0.15, 0.2) is 48.7 Å². The predicted molar refractivity (Wildman–Crippen MR) is 121 cm³/mol. The number of hydrogen-bond donors (Lipinski definition) is 0. The third-order valence-corrected chi connectivity index (χ3v) is 6.97. The molecule has 2 bridgehead atoms. The quantitative estimate of drug-likeness (QED) is 0.519. The van der Waals surface area contributed by atoms with Crippen LogP contribution in [0.25, 0.3) is 10.9 Å². The Morgan fingerprint density at radius 1 is 1.06 bits per heavy atom. The molecule has 2 aliphatic rings. The Kier molecular flexibility index (Phi) is 5.75. The highest BCUT2D eigenvalue weighted by atomic mass is 19.1. The van der Waals surface area contributed by atoms with Crippen molar-refractivity contribution in [2.45, 2.75) is 56.8 Å². The lowest BCUT2D eigenvalue weighted by molar-refractivity contribution is 0.0481. The van der Waals surface area contributed by atoms with Gasteiger partial charge in [0, 0.05) is 36.8 Å². The molecule has 3 heterocycles. The predicted octanol–water partition coefficient (Wildman–Crippen LogP) is 5.13. The molecule has 32 heavy (non-hydrogen) atoms. The maximum atomic E-state index is 13.2. The lowest BCUT2D eigenvalue weighted by atomic mass is 9.99. The van der Waals surface area contributed by atoms with Crippen LogP contribution >= 0.6 is 0 Å². The molecule has 2 aliphatic heterocycles. The molecular formula is C26H28FN3O2. The molecule has 5 nitrogen and oxygen atoms in total. The SMILES string of the molecule is COc1cccc2c(C#N)cn(CCCN3C4CCC3CC(Oc3ccc(F)cc3)C4)c12. The zero-order chi connectivity index (χ0) is 22.1. The second kappa shape index (κ2) is 8.84. The van der Waals surface area contributed by atoms with Gasteiger partial charge in [-0.05, 0) is 62.4 Å².